The van der Waals surface area contributed by atoms with Crippen molar-refractivity contribution in [2.75, 3.05) is 0 Å². The van der Waals surface area contributed by atoms with Gasteiger partial charge in [-0.05, 0) is 18.6 Å². The van der Waals surface area contributed by atoms with Gasteiger partial charge in [-0.1, -0.05) is 13.3 Å². The van der Waals surface area contributed by atoms with E-state index in [4.69, 9.17) is 15.6 Å². The van der Waals surface area contributed by atoms with Crippen LogP contribution < -0.4 is 10.5 Å². The molecule has 1 aromatic carbocycles. The van der Waals surface area contributed by atoms with Gasteiger partial charge in [0.25, 0.3) is 0 Å². The number of nitro groups is 1. The van der Waals surface area contributed by atoms with Gasteiger partial charge in [0.05, 0.1) is 4.92 Å². The standard InChI is InChI=1S/C12H14N2O6/c1-2-3-10(12(16)17)20-9-5-4-7(11(13)15)6-8(9)14(18)19/h4-6,10H,2-3H2,1H3,(H2,13,15)(H,16,17). The zero-order valence-corrected chi connectivity index (χ0v) is 10.7. The van der Waals surface area contributed by atoms with Gasteiger partial charge in [0, 0.05) is 11.6 Å². The van der Waals surface area contributed by atoms with Crippen molar-refractivity contribution in [3.8, 4) is 5.75 Å². The molecule has 1 atom stereocenters. The predicted molar refractivity (Wildman–Crippen MR) is 68.6 cm³/mol. The zero-order valence-electron chi connectivity index (χ0n) is 10.7. The molecule has 108 valence electrons. The fourth-order valence-corrected chi connectivity index (χ4v) is 1.56. The lowest BCUT2D eigenvalue weighted by Gasteiger charge is -2.14. The molecule has 0 aliphatic heterocycles. The van der Waals surface area contributed by atoms with E-state index in [2.05, 4.69) is 0 Å². The van der Waals surface area contributed by atoms with Crippen LogP contribution in [0.25, 0.3) is 0 Å². The van der Waals surface area contributed by atoms with Crippen molar-refractivity contribution in [3.05, 3.63) is 33.9 Å². The Labute approximate surface area is 114 Å². The third kappa shape index (κ3) is 3.67. The maximum Gasteiger partial charge on any atom is 0.344 e. The molecule has 0 aliphatic rings. The molecule has 1 unspecified atom stereocenters. The van der Waals surface area contributed by atoms with E-state index in [0.29, 0.717) is 6.42 Å². The van der Waals surface area contributed by atoms with E-state index >= 15 is 0 Å². The Morgan fingerprint density at radius 1 is 1.50 bits per heavy atom. The normalized spacial score (nSPS) is 11.7. The molecular weight excluding hydrogens is 268 g/mol. The van der Waals surface area contributed by atoms with Gasteiger partial charge in [-0.2, -0.15) is 0 Å². The van der Waals surface area contributed by atoms with Gasteiger partial charge in [0.15, 0.2) is 11.9 Å². The fraction of sp³-hybridized carbons (Fsp3) is 0.333. The molecule has 1 amide bonds. The summed E-state index contributed by atoms with van der Waals surface area (Å²) >= 11 is 0. The average molecular weight is 282 g/mol. The van der Waals surface area contributed by atoms with E-state index < -0.39 is 28.6 Å². The van der Waals surface area contributed by atoms with Crippen LogP contribution in [0.2, 0.25) is 0 Å². The van der Waals surface area contributed by atoms with Crippen LogP contribution in [0, 0.1) is 10.1 Å². The molecular formula is C12H14N2O6. The van der Waals surface area contributed by atoms with E-state index in [-0.39, 0.29) is 17.7 Å². The average Bonchev–Trinajstić information content (AvgIpc) is 2.37. The molecule has 0 aromatic heterocycles. The van der Waals surface area contributed by atoms with Crippen molar-refractivity contribution in [1.82, 2.24) is 0 Å². The molecule has 0 heterocycles. The van der Waals surface area contributed by atoms with E-state index in [1.54, 1.807) is 6.92 Å². The first-order chi connectivity index (χ1) is 9.36. The Morgan fingerprint density at radius 2 is 2.15 bits per heavy atom. The van der Waals surface area contributed by atoms with Crippen LogP contribution in [-0.4, -0.2) is 28.0 Å². The summed E-state index contributed by atoms with van der Waals surface area (Å²) in [4.78, 5) is 32.1. The summed E-state index contributed by atoms with van der Waals surface area (Å²) in [6.45, 7) is 1.77. The van der Waals surface area contributed by atoms with Crippen LogP contribution in [0.5, 0.6) is 5.75 Å². The first-order valence-corrected chi connectivity index (χ1v) is 5.84. The highest BCUT2D eigenvalue weighted by Gasteiger charge is 2.24. The van der Waals surface area contributed by atoms with Crippen molar-refractivity contribution in [2.24, 2.45) is 5.73 Å². The smallest absolute Gasteiger partial charge is 0.344 e. The lowest BCUT2D eigenvalue weighted by molar-refractivity contribution is -0.386. The molecule has 1 aromatic rings. The number of primary amides is 1. The Morgan fingerprint density at radius 3 is 2.60 bits per heavy atom. The first kappa shape index (κ1) is 15.4. The van der Waals surface area contributed by atoms with Crippen molar-refractivity contribution in [3.63, 3.8) is 0 Å². The molecule has 0 radical (unpaired) electrons. The Kier molecular flexibility index (Phi) is 5.01. The number of aliphatic carboxylic acids is 1. The van der Waals surface area contributed by atoms with Gasteiger partial charge in [-0.25, -0.2) is 4.79 Å². The number of ether oxygens (including phenoxy) is 1. The van der Waals surface area contributed by atoms with Crippen molar-refractivity contribution in [2.45, 2.75) is 25.9 Å². The monoisotopic (exact) mass is 282 g/mol. The van der Waals surface area contributed by atoms with Gasteiger partial charge < -0.3 is 15.6 Å². The number of carboxylic acids is 1. The minimum atomic E-state index is -1.21. The highest BCUT2D eigenvalue weighted by molar-refractivity contribution is 5.93. The zero-order chi connectivity index (χ0) is 15.3. The molecule has 3 N–H and O–H groups in total. The van der Waals surface area contributed by atoms with Crippen molar-refractivity contribution >= 4 is 17.6 Å². The second kappa shape index (κ2) is 6.50. The molecule has 8 nitrogen and oxygen atoms in total. The topological polar surface area (TPSA) is 133 Å². The number of hydrogen-bond acceptors (Lipinski definition) is 5. The van der Waals surface area contributed by atoms with Crippen LogP contribution in [0.15, 0.2) is 18.2 Å². The minimum absolute atomic E-state index is 0.0496. The van der Waals surface area contributed by atoms with Crippen LogP contribution in [0.1, 0.15) is 30.1 Å². The van der Waals surface area contributed by atoms with Crippen LogP contribution in [-0.2, 0) is 4.79 Å². The van der Waals surface area contributed by atoms with Crippen LogP contribution in [0.4, 0.5) is 5.69 Å². The number of nitrogens with two attached hydrogens (primary N) is 1. The van der Waals surface area contributed by atoms with E-state index in [1.165, 1.54) is 12.1 Å². The van der Waals surface area contributed by atoms with E-state index in [0.717, 1.165) is 6.07 Å². The molecule has 8 heteroatoms. The molecule has 20 heavy (non-hydrogen) atoms. The summed E-state index contributed by atoms with van der Waals surface area (Å²) < 4.78 is 5.15. The van der Waals surface area contributed by atoms with Gasteiger partial charge in [0.1, 0.15) is 0 Å². The predicted octanol–water partition coefficient (Wildman–Crippen LogP) is 1.33. The highest BCUT2D eigenvalue weighted by Crippen LogP contribution is 2.29. The number of nitro benzene ring substituents is 1. The molecule has 0 aliphatic carbocycles. The number of rotatable bonds is 7. The van der Waals surface area contributed by atoms with Crippen LogP contribution in [0.3, 0.4) is 0 Å². The lowest BCUT2D eigenvalue weighted by atomic mass is 10.1. The largest absolute Gasteiger partial charge is 0.479 e. The third-order valence-electron chi connectivity index (χ3n) is 2.54. The maximum absolute atomic E-state index is 11.0. The SMILES string of the molecule is CCCC(Oc1ccc(C(N)=O)cc1[N+](=O)[O-])C(=O)O. The molecule has 1 rings (SSSR count). The number of carboxylic acid groups (broad SMARTS) is 1. The Bertz CT molecular complexity index is 543. The Hall–Kier alpha value is -2.64. The quantitative estimate of drug-likeness (QED) is 0.572. The number of nitrogens with zero attached hydrogens (tertiary/aromatic N) is 1. The van der Waals surface area contributed by atoms with E-state index in [9.17, 15) is 19.7 Å². The molecule has 0 fully saturated rings. The second-order valence-electron chi connectivity index (χ2n) is 4.04. The number of carbonyl (C=O) groups excluding carboxylic acids is 1. The lowest BCUT2D eigenvalue weighted by Crippen LogP contribution is -2.27. The third-order valence-corrected chi connectivity index (χ3v) is 2.54. The first-order valence-electron chi connectivity index (χ1n) is 5.84. The van der Waals surface area contributed by atoms with E-state index in [1.807, 2.05) is 0 Å². The molecule has 0 saturated heterocycles. The van der Waals surface area contributed by atoms with Gasteiger partial charge in [-0.15, -0.1) is 0 Å². The van der Waals surface area contributed by atoms with Gasteiger partial charge >= 0.3 is 11.7 Å². The molecule has 0 spiro atoms. The van der Waals surface area contributed by atoms with Gasteiger partial charge in [0.2, 0.25) is 5.91 Å². The summed E-state index contributed by atoms with van der Waals surface area (Å²) in [6, 6.07) is 3.38. The summed E-state index contributed by atoms with van der Waals surface area (Å²) in [5.41, 5.74) is 4.49. The summed E-state index contributed by atoms with van der Waals surface area (Å²) in [6.07, 6.45) is -0.424. The number of amides is 1. The van der Waals surface area contributed by atoms with Crippen LogP contribution >= 0.6 is 0 Å². The molecule has 0 saturated carbocycles. The summed E-state index contributed by atoms with van der Waals surface area (Å²) in [7, 11) is 0. The number of hydrogen-bond donors (Lipinski definition) is 2. The van der Waals surface area contributed by atoms with Crippen molar-refractivity contribution in [1.29, 1.82) is 0 Å². The Balaban J connectivity index is 3.13. The maximum atomic E-state index is 11.0. The number of carbonyl (C=O) groups is 2. The second-order valence-corrected chi connectivity index (χ2v) is 4.04. The fourth-order valence-electron chi connectivity index (χ4n) is 1.56. The van der Waals surface area contributed by atoms with Gasteiger partial charge in [-0.3, -0.25) is 14.9 Å². The summed E-state index contributed by atoms with van der Waals surface area (Å²) in [5, 5.41) is 19.9. The summed E-state index contributed by atoms with van der Waals surface area (Å²) in [5.74, 6) is -2.23. The molecule has 0 bridgehead atoms. The highest BCUT2D eigenvalue weighted by atomic mass is 16.6. The minimum Gasteiger partial charge on any atom is -0.479 e. The van der Waals surface area contributed by atoms with Crippen molar-refractivity contribution < 1.29 is 24.4 Å². The number of benzene rings is 1.